The summed E-state index contributed by atoms with van der Waals surface area (Å²) < 4.78 is 0. The summed E-state index contributed by atoms with van der Waals surface area (Å²) in [6.45, 7) is 2.96. The van der Waals surface area contributed by atoms with Gasteiger partial charge in [-0.05, 0) is 59.9 Å². The number of hydrogen-bond donors (Lipinski definition) is 3. The molecule has 1 aliphatic heterocycles. The molecule has 31 heavy (non-hydrogen) atoms. The number of carbonyl (C=O) groups is 2. The van der Waals surface area contributed by atoms with Gasteiger partial charge in [0.05, 0.1) is 6.04 Å². The average Bonchev–Trinajstić information content (AvgIpc) is 3.28. The second-order valence-electron chi connectivity index (χ2n) is 8.09. The largest absolute Gasteiger partial charge is 0.399 e. The third-order valence-corrected chi connectivity index (χ3v) is 5.88. The molecule has 3 aromatic rings. The minimum absolute atomic E-state index is 0.122. The van der Waals surface area contributed by atoms with Crippen molar-refractivity contribution in [3.8, 4) is 0 Å². The molecule has 1 fully saturated rings. The van der Waals surface area contributed by atoms with Gasteiger partial charge in [0.15, 0.2) is 0 Å². The van der Waals surface area contributed by atoms with Crippen LogP contribution in [0.3, 0.4) is 0 Å². The first-order valence-corrected chi connectivity index (χ1v) is 10.7. The first-order chi connectivity index (χ1) is 15.0. The van der Waals surface area contributed by atoms with E-state index in [1.807, 2.05) is 49.4 Å². The van der Waals surface area contributed by atoms with E-state index in [1.54, 1.807) is 4.90 Å². The number of amides is 3. The van der Waals surface area contributed by atoms with Crippen molar-refractivity contribution in [3.05, 3.63) is 77.9 Å². The molecule has 6 heteroatoms. The molecule has 4 N–H and O–H groups in total. The van der Waals surface area contributed by atoms with Gasteiger partial charge in [0.2, 0.25) is 5.91 Å². The van der Waals surface area contributed by atoms with E-state index in [1.165, 1.54) is 5.39 Å². The van der Waals surface area contributed by atoms with Crippen molar-refractivity contribution >= 4 is 28.4 Å². The fourth-order valence-corrected chi connectivity index (χ4v) is 4.05. The lowest BCUT2D eigenvalue weighted by atomic mass is 10.0. The molecule has 2 unspecified atom stereocenters. The van der Waals surface area contributed by atoms with E-state index in [0.29, 0.717) is 25.2 Å². The molecule has 1 saturated heterocycles. The Bertz CT molecular complexity index is 1080. The van der Waals surface area contributed by atoms with E-state index in [0.717, 1.165) is 22.9 Å². The Hall–Kier alpha value is -3.54. The standard InChI is InChI=1S/C25H28N4O2/c1-17(20-11-10-19-5-2-3-6-21(19)15-20)28-25(31)29-14-4-7-23(29)24(30)27-16-18-8-12-22(26)13-9-18/h2-3,5-6,8-13,15,17,23H,4,7,14,16,26H2,1H3,(H,27,30)(H,28,31). The maximum Gasteiger partial charge on any atom is 0.318 e. The third-order valence-electron chi connectivity index (χ3n) is 5.88. The van der Waals surface area contributed by atoms with Gasteiger partial charge in [-0.2, -0.15) is 0 Å². The summed E-state index contributed by atoms with van der Waals surface area (Å²) in [5.41, 5.74) is 8.40. The van der Waals surface area contributed by atoms with Gasteiger partial charge in [0.1, 0.15) is 6.04 Å². The molecule has 0 radical (unpaired) electrons. The minimum Gasteiger partial charge on any atom is -0.399 e. The number of nitrogens with one attached hydrogen (secondary N) is 2. The first-order valence-electron chi connectivity index (χ1n) is 10.7. The van der Waals surface area contributed by atoms with E-state index < -0.39 is 6.04 Å². The maximum atomic E-state index is 12.9. The molecular formula is C25H28N4O2. The molecule has 1 aliphatic rings. The number of urea groups is 1. The number of nitrogens with two attached hydrogens (primary N) is 1. The van der Waals surface area contributed by atoms with Crippen LogP contribution < -0.4 is 16.4 Å². The highest BCUT2D eigenvalue weighted by Crippen LogP contribution is 2.22. The quantitative estimate of drug-likeness (QED) is 0.550. The molecule has 0 spiro atoms. The van der Waals surface area contributed by atoms with Gasteiger partial charge < -0.3 is 21.3 Å². The number of nitrogen functional groups attached to an aromatic ring is 1. The predicted octanol–water partition coefficient (Wildman–Crippen LogP) is 3.97. The van der Waals surface area contributed by atoms with Crippen molar-refractivity contribution in [1.82, 2.24) is 15.5 Å². The fraction of sp³-hybridized carbons (Fsp3) is 0.280. The summed E-state index contributed by atoms with van der Waals surface area (Å²) in [6.07, 6.45) is 1.49. The Balaban J connectivity index is 1.37. The zero-order valence-corrected chi connectivity index (χ0v) is 17.7. The van der Waals surface area contributed by atoms with E-state index in [9.17, 15) is 9.59 Å². The molecular weight excluding hydrogens is 388 g/mol. The van der Waals surface area contributed by atoms with Crippen molar-refractivity contribution in [1.29, 1.82) is 0 Å². The van der Waals surface area contributed by atoms with Crippen molar-refractivity contribution < 1.29 is 9.59 Å². The second-order valence-corrected chi connectivity index (χ2v) is 8.09. The minimum atomic E-state index is -0.447. The smallest absolute Gasteiger partial charge is 0.318 e. The summed E-state index contributed by atoms with van der Waals surface area (Å²) in [6, 6.07) is 20.9. The molecule has 0 bridgehead atoms. The number of hydrogen-bond acceptors (Lipinski definition) is 3. The number of fused-ring (bicyclic) bond motifs is 1. The van der Waals surface area contributed by atoms with Gasteiger partial charge in [-0.3, -0.25) is 4.79 Å². The van der Waals surface area contributed by atoms with Crippen LogP contribution in [-0.4, -0.2) is 29.4 Å². The van der Waals surface area contributed by atoms with Gasteiger partial charge in [0, 0.05) is 18.8 Å². The summed E-state index contributed by atoms with van der Waals surface area (Å²) in [5.74, 6) is -0.122. The van der Waals surface area contributed by atoms with Crippen LogP contribution in [0.15, 0.2) is 66.7 Å². The maximum absolute atomic E-state index is 12.9. The normalized spacial score (nSPS) is 16.8. The van der Waals surface area contributed by atoms with Crippen LogP contribution >= 0.6 is 0 Å². The van der Waals surface area contributed by atoms with E-state index in [-0.39, 0.29) is 18.0 Å². The fourth-order valence-electron chi connectivity index (χ4n) is 4.05. The topological polar surface area (TPSA) is 87.5 Å². The number of anilines is 1. The van der Waals surface area contributed by atoms with Crippen LogP contribution in [0.4, 0.5) is 10.5 Å². The van der Waals surface area contributed by atoms with Crippen molar-refractivity contribution in [2.75, 3.05) is 12.3 Å². The molecule has 4 rings (SSSR count). The van der Waals surface area contributed by atoms with Gasteiger partial charge >= 0.3 is 6.03 Å². The number of carbonyl (C=O) groups excluding carboxylic acids is 2. The van der Waals surface area contributed by atoms with E-state index in [4.69, 9.17) is 5.73 Å². The van der Waals surface area contributed by atoms with Crippen molar-refractivity contribution in [3.63, 3.8) is 0 Å². The zero-order chi connectivity index (χ0) is 21.8. The molecule has 3 aromatic carbocycles. The Morgan fingerprint density at radius 2 is 1.81 bits per heavy atom. The van der Waals surface area contributed by atoms with Gasteiger partial charge in [-0.1, -0.05) is 48.5 Å². The lowest BCUT2D eigenvalue weighted by Crippen LogP contribution is -2.49. The summed E-state index contributed by atoms with van der Waals surface area (Å²) >= 11 is 0. The molecule has 160 valence electrons. The Morgan fingerprint density at radius 3 is 2.58 bits per heavy atom. The zero-order valence-electron chi connectivity index (χ0n) is 17.7. The number of likely N-dealkylation sites (tertiary alicyclic amines) is 1. The SMILES string of the molecule is CC(NC(=O)N1CCCC1C(=O)NCc1ccc(N)cc1)c1ccc2ccccc2c1. The van der Waals surface area contributed by atoms with Gasteiger partial charge in [-0.25, -0.2) is 4.79 Å². The molecule has 2 atom stereocenters. The van der Waals surface area contributed by atoms with Crippen molar-refractivity contribution in [2.45, 2.75) is 38.4 Å². The van der Waals surface area contributed by atoms with Crippen LogP contribution in [0.2, 0.25) is 0 Å². The number of nitrogens with zero attached hydrogens (tertiary/aromatic N) is 1. The number of rotatable bonds is 5. The van der Waals surface area contributed by atoms with Crippen LogP contribution in [0, 0.1) is 0 Å². The number of benzene rings is 3. The summed E-state index contributed by atoms with van der Waals surface area (Å²) in [4.78, 5) is 27.3. The summed E-state index contributed by atoms with van der Waals surface area (Å²) in [5, 5.41) is 8.32. The monoisotopic (exact) mass is 416 g/mol. The molecule has 0 aromatic heterocycles. The molecule has 1 heterocycles. The average molecular weight is 417 g/mol. The van der Waals surface area contributed by atoms with E-state index >= 15 is 0 Å². The van der Waals surface area contributed by atoms with Crippen LogP contribution in [0.25, 0.3) is 10.8 Å². The highest BCUT2D eigenvalue weighted by atomic mass is 16.2. The predicted molar refractivity (Wildman–Crippen MR) is 123 cm³/mol. The Morgan fingerprint density at radius 1 is 1.06 bits per heavy atom. The summed E-state index contributed by atoms with van der Waals surface area (Å²) in [7, 11) is 0. The van der Waals surface area contributed by atoms with Gasteiger partial charge in [0.25, 0.3) is 0 Å². The second kappa shape index (κ2) is 9.08. The lowest BCUT2D eigenvalue weighted by Gasteiger charge is -2.26. The Labute approximate surface area is 182 Å². The van der Waals surface area contributed by atoms with Crippen molar-refractivity contribution in [2.24, 2.45) is 0 Å². The third kappa shape index (κ3) is 4.79. The Kier molecular flexibility index (Phi) is 6.07. The highest BCUT2D eigenvalue weighted by molar-refractivity contribution is 5.88. The van der Waals surface area contributed by atoms with Crippen LogP contribution in [0.1, 0.15) is 36.9 Å². The molecule has 3 amide bonds. The lowest BCUT2D eigenvalue weighted by molar-refractivity contribution is -0.124. The van der Waals surface area contributed by atoms with Crippen LogP contribution in [-0.2, 0) is 11.3 Å². The molecule has 6 nitrogen and oxygen atoms in total. The highest BCUT2D eigenvalue weighted by Gasteiger charge is 2.34. The van der Waals surface area contributed by atoms with Crippen LogP contribution in [0.5, 0.6) is 0 Å². The molecule has 0 saturated carbocycles. The first kappa shape index (κ1) is 20.7. The van der Waals surface area contributed by atoms with E-state index in [2.05, 4.69) is 34.9 Å². The molecule has 0 aliphatic carbocycles. The van der Waals surface area contributed by atoms with Gasteiger partial charge in [-0.15, -0.1) is 0 Å².